The van der Waals surface area contributed by atoms with Gasteiger partial charge < -0.3 is 19.7 Å². The molecule has 0 radical (unpaired) electrons. The van der Waals surface area contributed by atoms with Crippen molar-refractivity contribution in [3.8, 4) is 0 Å². The number of benzene rings is 1. The quantitative estimate of drug-likeness (QED) is 0.227. The van der Waals surface area contributed by atoms with Gasteiger partial charge in [0, 0.05) is 76.8 Å². The average molecular weight is 708 g/mol. The number of carbonyl (C=O) groups is 3. The molecule has 1 atom stereocenters. The summed E-state index contributed by atoms with van der Waals surface area (Å²) in [6, 6.07) is 14.2. The van der Waals surface area contributed by atoms with Gasteiger partial charge in [-0.15, -0.1) is 0 Å². The van der Waals surface area contributed by atoms with Gasteiger partial charge in [-0.1, -0.05) is 37.1 Å². The van der Waals surface area contributed by atoms with Crippen LogP contribution >= 0.6 is 0 Å². The zero-order chi connectivity index (χ0) is 36.0. The summed E-state index contributed by atoms with van der Waals surface area (Å²) in [5.74, 6) is 0.185. The highest BCUT2D eigenvalue weighted by molar-refractivity contribution is 6.01. The number of imide groups is 1. The van der Waals surface area contributed by atoms with Crippen LogP contribution in [0, 0.1) is 0 Å². The molecule has 4 fully saturated rings. The number of aromatic nitrogens is 4. The highest BCUT2D eigenvalue weighted by Crippen LogP contribution is 2.36. The Kier molecular flexibility index (Phi) is 9.14. The normalized spacial score (nSPS) is 21.3. The maximum atomic E-state index is 16.1. The molecule has 0 spiro atoms. The summed E-state index contributed by atoms with van der Waals surface area (Å²) in [6.45, 7) is 3.16. The van der Waals surface area contributed by atoms with Crippen LogP contribution in [0.5, 0.6) is 0 Å². The zero-order valence-corrected chi connectivity index (χ0v) is 29.9. The number of amides is 3. The molecule has 3 aromatic heterocycles. The summed E-state index contributed by atoms with van der Waals surface area (Å²) < 4.78 is 18.2. The van der Waals surface area contributed by atoms with Gasteiger partial charge in [-0.25, -0.2) is 14.4 Å². The van der Waals surface area contributed by atoms with Crippen molar-refractivity contribution in [2.75, 3.05) is 50.5 Å². The van der Waals surface area contributed by atoms with E-state index in [-0.39, 0.29) is 29.7 Å². The lowest BCUT2D eigenvalue weighted by Gasteiger charge is -2.49. The molecule has 1 aromatic carbocycles. The first-order chi connectivity index (χ1) is 25.1. The molecular formula is C39H46FN9O3. The fraction of sp³-hybridized carbons (Fsp3) is 0.487. The summed E-state index contributed by atoms with van der Waals surface area (Å²) in [6.07, 6.45) is 10.1. The second kappa shape index (κ2) is 13.9. The van der Waals surface area contributed by atoms with Crippen LogP contribution in [0.15, 0.2) is 54.9 Å². The number of halogens is 1. The van der Waals surface area contributed by atoms with Gasteiger partial charge in [0.15, 0.2) is 0 Å². The molecule has 0 bridgehead atoms. The molecular weight excluding hydrogens is 661 g/mol. The fourth-order valence-corrected chi connectivity index (χ4v) is 8.42. The van der Waals surface area contributed by atoms with Crippen molar-refractivity contribution in [2.24, 2.45) is 0 Å². The first-order valence-corrected chi connectivity index (χ1v) is 18.6. The van der Waals surface area contributed by atoms with Crippen molar-refractivity contribution < 1.29 is 18.8 Å². The minimum Gasteiger partial charge on any atom is -0.367 e. The number of carbonyl (C=O) groups excluding carboxylic acids is 3. The van der Waals surface area contributed by atoms with Gasteiger partial charge in [-0.05, 0) is 61.4 Å². The predicted molar refractivity (Wildman–Crippen MR) is 196 cm³/mol. The molecule has 3 amide bonds. The standard InChI is InChI=1S/C39H46FN9O3/c1-46(2)37(52)32-19-27-21-42-38(45-35(27)49(32)28-8-3-4-9-28)43-33-12-10-29(22-41-33)48-23-30(24-48)47-16-14-39(40,15-17-47)20-25-6-5-7-26(18-25)31-11-13-34(50)44-36(31)51/h5-7,10,12,18-19,21-22,28,30-31H,3-4,8-9,11,13-17,20,23-24H2,1-2H3,(H,44,50,51)(H,41,42,43,45). The number of anilines is 3. The van der Waals surface area contributed by atoms with Crippen molar-refractivity contribution in [2.45, 2.75) is 81.5 Å². The molecule has 4 aromatic rings. The molecule has 4 aliphatic rings. The molecule has 12 nitrogen and oxygen atoms in total. The number of hydrogen-bond acceptors (Lipinski definition) is 9. The molecule has 1 saturated carbocycles. The number of hydrogen-bond donors (Lipinski definition) is 2. The highest BCUT2D eigenvalue weighted by Gasteiger charge is 2.40. The average Bonchev–Trinajstić information content (AvgIpc) is 3.77. The van der Waals surface area contributed by atoms with Gasteiger partial charge in [-0.3, -0.25) is 24.6 Å². The predicted octanol–water partition coefficient (Wildman–Crippen LogP) is 5.14. The number of pyridine rings is 1. The van der Waals surface area contributed by atoms with Gasteiger partial charge >= 0.3 is 0 Å². The first-order valence-electron chi connectivity index (χ1n) is 18.6. The van der Waals surface area contributed by atoms with Crippen molar-refractivity contribution in [3.05, 3.63) is 71.7 Å². The van der Waals surface area contributed by atoms with Crippen molar-refractivity contribution >= 4 is 46.2 Å². The number of likely N-dealkylation sites (tertiary alicyclic amines) is 1. The zero-order valence-electron chi connectivity index (χ0n) is 29.9. The summed E-state index contributed by atoms with van der Waals surface area (Å²) in [7, 11) is 3.54. The molecule has 13 heteroatoms. The molecule has 1 aliphatic carbocycles. The SMILES string of the molecule is CN(C)C(=O)c1cc2cnc(Nc3ccc(N4CC(N5CCC(F)(Cc6cccc(C7CCC(=O)NC7=O)c6)CC5)C4)cn3)nc2n1C1CCCC1. The Morgan fingerprint density at radius 1 is 1.00 bits per heavy atom. The van der Waals surface area contributed by atoms with Crippen LogP contribution in [-0.4, -0.2) is 99.0 Å². The number of alkyl halides is 1. The molecule has 272 valence electrons. The third kappa shape index (κ3) is 6.85. The molecule has 52 heavy (non-hydrogen) atoms. The van der Waals surface area contributed by atoms with E-state index in [1.807, 2.05) is 48.7 Å². The molecule has 6 heterocycles. The Hall–Kier alpha value is -4.91. The topological polar surface area (TPSA) is 129 Å². The Labute approximate surface area is 302 Å². The van der Waals surface area contributed by atoms with Gasteiger partial charge in [0.05, 0.1) is 17.8 Å². The Morgan fingerprint density at radius 3 is 2.50 bits per heavy atom. The van der Waals surface area contributed by atoms with E-state index < -0.39 is 5.67 Å². The van der Waals surface area contributed by atoms with Crippen molar-refractivity contribution in [1.29, 1.82) is 0 Å². The Morgan fingerprint density at radius 2 is 1.79 bits per heavy atom. The second-order valence-electron chi connectivity index (χ2n) is 15.2. The molecule has 2 N–H and O–H groups in total. The lowest BCUT2D eigenvalue weighted by molar-refractivity contribution is -0.134. The maximum Gasteiger partial charge on any atom is 0.270 e. The van der Waals surface area contributed by atoms with Crippen molar-refractivity contribution in [1.82, 2.24) is 34.6 Å². The number of nitrogens with one attached hydrogen (secondary N) is 2. The lowest BCUT2D eigenvalue weighted by atomic mass is 9.84. The van der Waals surface area contributed by atoms with Crippen LogP contribution in [-0.2, 0) is 16.0 Å². The minimum absolute atomic E-state index is 0.0350. The highest BCUT2D eigenvalue weighted by atomic mass is 19.1. The fourth-order valence-electron chi connectivity index (χ4n) is 8.42. The summed E-state index contributed by atoms with van der Waals surface area (Å²) in [5, 5.41) is 6.52. The van der Waals surface area contributed by atoms with E-state index in [9.17, 15) is 14.4 Å². The maximum absolute atomic E-state index is 16.1. The second-order valence-corrected chi connectivity index (χ2v) is 15.2. The smallest absolute Gasteiger partial charge is 0.270 e. The lowest BCUT2D eigenvalue weighted by Crippen LogP contribution is -2.62. The van der Waals surface area contributed by atoms with E-state index in [1.165, 1.54) is 0 Å². The third-order valence-corrected chi connectivity index (χ3v) is 11.4. The molecule has 8 rings (SSSR count). The van der Waals surface area contributed by atoms with E-state index in [4.69, 9.17) is 4.98 Å². The summed E-state index contributed by atoms with van der Waals surface area (Å²) >= 11 is 0. The van der Waals surface area contributed by atoms with Gasteiger partial charge in [-0.2, -0.15) is 4.98 Å². The summed E-state index contributed by atoms with van der Waals surface area (Å²) in [5.41, 5.74) is 2.92. The first kappa shape index (κ1) is 34.2. The Balaban J connectivity index is 0.848. The third-order valence-electron chi connectivity index (χ3n) is 11.4. The Bertz CT molecular complexity index is 1980. The van der Waals surface area contributed by atoms with Crippen LogP contribution in [0.4, 0.5) is 21.8 Å². The number of nitrogens with zero attached hydrogens (tertiary/aromatic N) is 7. The number of piperidine rings is 2. The van der Waals surface area contributed by atoms with E-state index in [1.54, 1.807) is 25.2 Å². The van der Waals surface area contributed by atoms with E-state index in [2.05, 4.69) is 35.0 Å². The van der Waals surface area contributed by atoms with Gasteiger partial charge in [0.2, 0.25) is 17.8 Å². The van der Waals surface area contributed by atoms with Crippen molar-refractivity contribution in [3.63, 3.8) is 0 Å². The van der Waals surface area contributed by atoms with E-state index >= 15 is 4.39 Å². The molecule has 1 unspecified atom stereocenters. The van der Waals surface area contributed by atoms with Crippen LogP contribution in [0.1, 0.15) is 84.9 Å². The van der Waals surface area contributed by atoms with Crippen LogP contribution < -0.4 is 15.5 Å². The minimum atomic E-state index is -1.28. The van der Waals surface area contributed by atoms with E-state index in [0.717, 1.165) is 66.6 Å². The molecule has 3 saturated heterocycles. The monoisotopic (exact) mass is 707 g/mol. The van der Waals surface area contributed by atoms with E-state index in [0.29, 0.717) is 68.7 Å². The van der Waals surface area contributed by atoms with Crippen LogP contribution in [0.25, 0.3) is 11.0 Å². The van der Waals surface area contributed by atoms with Gasteiger partial charge in [0.25, 0.3) is 5.91 Å². The number of fused-ring (bicyclic) bond motifs is 1. The van der Waals surface area contributed by atoms with Gasteiger partial charge in [0.1, 0.15) is 22.8 Å². The molecule has 3 aliphatic heterocycles. The number of rotatable bonds is 9. The largest absolute Gasteiger partial charge is 0.367 e. The van der Waals surface area contributed by atoms with Crippen LogP contribution in [0.3, 0.4) is 0 Å². The van der Waals surface area contributed by atoms with Crippen LogP contribution in [0.2, 0.25) is 0 Å². The summed E-state index contributed by atoms with van der Waals surface area (Å²) in [4.78, 5) is 57.3.